The standard InChI is InChI=1S/C18H19N5O3/c1-12(17-22-21-16-4-2-3-7-23(16)17)20-18(24)19-11-13-5-6-14-15(10-13)26-9-8-25-14/h2-7,10,12H,8-9,11H2,1H3,(H2,19,20,24). The fourth-order valence-electron chi connectivity index (χ4n) is 2.85. The predicted molar refractivity (Wildman–Crippen MR) is 94.2 cm³/mol. The quantitative estimate of drug-likeness (QED) is 0.749. The first-order valence-electron chi connectivity index (χ1n) is 8.43. The molecule has 2 amide bonds. The van der Waals surface area contributed by atoms with E-state index in [1.807, 2.05) is 53.9 Å². The van der Waals surface area contributed by atoms with Crippen molar-refractivity contribution in [3.63, 3.8) is 0 Å². The lowest BCUT2D eigenvalue weighted by molar-refractivity contribution is 0.171. The Morgan fingerprint density at radius 1 is 1.19 bits per heavy atom. The molecule has 3 aromatic rings. The maximum atomic E-state index is 12.2. The first-order chi connectivity index (χ1) is 12.7. The van der Waals surface area contributed by atoms with Crippen LogP contribution in [0, 0.1) is 0 Å². The lowest BCUT2D eigenvalue weighted by Gasteiger charge is -2.19. The Labute approximate surface area is 150 Å². The second kappa shape index (κ2) is 6.91. The summed E-state index contributed by atoms with van der Waals surface area (Å²) < 4.78 is 12.9. The molecule has 1 aliphatic heterocycles. The monoisotopic (exact) mass is 353 g/mol. The van der Waals surface area contributed by atoms with Crippen LogP contribution in [0.5, 0.6) is 11.5 Å². The Hall–Kier alpha value is -3.29. The molecule has 0 spiro atoms. The van der Waals surface area contributed by atoms with Crippen molar-refractivity contribution in [1.29, 1.82) is 0 Å². The normalized spacial score (nSPS) is 14.0. The minimum Gasteiger partial charge on any atom is -0.486 e. The number of amides is 2. The minimum atomic E-state index is -0.285. The Morgan fingerprint density at radius 2 is 2.04 bits per heavy atom. The van der Waals surface area contributed by atoms with Crippen molar-refractivity contribution < 1.29 is 14.3 Å². The Kier molecular flexibility index (Phi) is 4.30. The first kappa shape index (κ1) is 16.2. The average molecular weight is 353 g/mol. The van der Waals surface area contributed by atoms with Crippen LogP contribution in [0.25, 0.3) is 5.65 Å². The molecule has 26 heavy (non-hydrogen) atoms. The molecule has 0 radical (unpaired) electrons. The summed E-state index contributed by atoms with van der Waals surface area (Å²) in [4.78, 5) is 12.2. The van der Waals surface area contributed by atoms with Crippen molar-refractivity contribution in [2.24, 2.45) is 0 Å². The van der Waals surface area contributed by atoms with Crippen molar-refractivity contribution in [1.82, 2.24) is 25.2 Å². The number of hydrogen-bond acceptors (Lipinski definition) is 5. The van der Waals surface area contributed by atoms with Gasteiger partial charge in [0.1, 0.15) is 13.2 Å². The number of rotatable bonds is 4. The summed E-state index contributed by atoms with van der Waals surface area (Å²) in [7, 11) is 0. The molecule has 134 valence electrons. The largest absolute Gasteiger partial charge is 0.486 e. The Balaban J connectivity index is 1.36. The molecule has 0 fully saturated rings. The van der Waals surface area contributed by atoms with Crippen LogP contribution >= 0.6 is 0 Å². The summed E-state index contributed by atoms with van der Waals surface area (Å²) in [6, 6.07) is 10.7. The SMILES string of the molecule is CC(NC(=O)NCc1ccc2c(c1)OCCO2)c1nnc2ccccn12. The third kappa shape index (κ3) is 3.26. The van der Waals surface area contributed by atoms with Gasteiger partial charge in [0.2, 0.25) is 0 Å². The summed E-state index contributed by atoms with van der Waals surface area (Å²) in [6.45, 7) is 3.35. The number of nitrogens with one attached hydrogen (secondary N) is 2. The van der Waals surface area contributed by atoms with Gasteiger partial charge in [0.25, 0.3) is 0 Å². The van der Waals surface area contributed by atoms with E-state index < -0.39 is 0 Å². The zero-order chi connectivity index (χ0) is 17.9. The number of hydrogen-bond donors (Lipinski definition) is 2. The van der Waals surface area contributed by atoms with E-state index in [0.717, 1.165) is 17.0 Å². The van der Waals surface area contributed by atoms with E-state index >= 15 is 0 Å². The van der Waals surface area contributed by atoms with Crippen molar-refractivity contribution in [2.75, 3.05) is 13.2 Å². The maximum Gasteiger partial charge on any atom is 0.315 e. The van der Waals surface area contributed by atoms with Crippen molar-refractivity contribution in [3.8, 4) is 11.5 Å². The van der Waals surface area contributed by atoms with Crippen LogP contribution in [0.15, 0.2) is 42.6 Å². The summed E-state index contributed by atoms with van der Waals surface area (Å²) in [5.41, 5.74) is 1.68. The van der Waals surface area contributed by atoms with Crippen LogP contribution in [-0.4, -0.2) is 33.8 Å². The molecule has 1 atom stereocenters. The second-order valence-electron chi connectivity index (χ2n) is 6.01. The zero-order valence-corrected chi connectivity index (χ0v) is 14.3. The molecule has 4 rings (SSSR count). The number of pyridine rings is 1. The predicted octanol–water partition coefficient (Wildman–Crippen LogP) is 2.06. The molecule has 8 nitrogen and oxygen atoms in total. The number of nitrogens with zero attached hydrogens (tertiary/aromatic N) is 3. The van der Waals surface area contributed by atoms with E-state index in [4.69, 9.17) is 9.47 Å². The summed E-state index contributed by atoms with van der Waals surface area (Å²) in [6.07, 6.45) is 1.87. The molecule has 2 N–H and O–H groups in total. The van der Waals surface area contributed by atoms with Gasteiger partial charge >= 0.3 is 6.03 Å². The number of ether oxygens (including phenoxy) is 2. The van der Waals surface area contributed by atoms with Gasteiger partial charge in [-0.3, -0.25) is 4.40 Å². The van der Waals surface area contributed by atoms with Crippen LogP contribution in [0.1, 0.15) is 24.4 Å². The molecule has 2 aromatic heterocycles. The number of benzene rings is 1. The van der Waals surface area contributed by atoms with Gasteiger partial charge in [0.15, 0.2) is 23.0 Å². The fourth-order valence-corrected chi connectivity index (χ4v) is 2.85. The van der Waals surface area contributed by atoms with Crippen LogP contribution < -0.4 is 20.1 Å². The molecule has 0 saturated heterocycles. The number of carbonyl (C=O) groups excluding carboxylic acids is 1. The molecule has 0 saturated carbocycles. The summed E-state index contributed by atoms with van der Waals surface area (Å²) in [5, 5.41) is 14.0. The molecule has 8 heteroatoms. The van der Waals surface area contributed by atoms with Crippen LogP contribution in [0.3, 0.4) is 0 Å². The molecule has 3 heterocycles. The van der Waals surface area contributed by atoms with Crippen molar-refractivity contribution in [3.05, 3.63) is 54.0 Å². The van der Waals surface area contributed by atoms with Gasteiger partial charge in [0, 0.05) is 12.7 Å². The van der Waals surface area contributed by atoms with Gasteiger partial charge in [-0.15, -0.1) is 10.2 Å². The molecule has 0 bridgehead atoms. The minimum absolute atomic E-state index is 0.278. The van der Waals surface area contributed by atoms with E-state index in [1.54, 1.807) is 0 Å². The van der Waals surface area contributed by atoms with Crippen molar-refractivity contribution >= 4 is 11.7 Å². The van der Waals surface area contributed by atoms with Gasteiger partial charge in [-0.1, -0.05) is 12.1 Å². The lowest BCUT2D eigenvalue weighted by atomic mass is 10.2. The van der Waals surface area contributed by atoms with Crippen LogP contribution in [-0.2, 0) is 6.54 Å². The van der Waals surface area contributed by atoms with Gasteiger partial charge in [-0.25, -0.2) is 4.79 Å². The number of carbonyl (C=O) groups is 1. The number of urea groups is 1. The molecular formula is C18H19N5O3. The third-order valence-electron chi connectivity index (χ3n) is 4.13. The molecule has 1 unspecified atom stereocenters. The van der Waals surface area contributed by atoms with Gasteiger partial charge in [0.05, 0.1) is 6.04 Å². The van der Waals surface area contributed by atoms with E-state index in [2.05, 4.69) is 20.8 Å². The van der Waals surface area contributed by atoms with Crippen molar-refractivity contribution in [2.45, 2.75) is 19.5 Å². The Bertz CT molecular complexity index is 939. The van der Waals surface area contributed by atoms with E-state index in [0.29, 0.717) is 31.3 Å². The average Bonchev–Trinajstić information content (AvgIpc) is 3.10. The summed E-state index contributed by atoms with van der Waals surface area (Å²) >= 11 is 0. The highest BCUT2D eigenvalue weighted by molar-refractivity contribution is 5.74. The second-order valence-corrected chi connectivity index (χ2v) is 6.01. The topological polar surface area (TPSA) is 89.8 Å². The summed E-state index contributed by atoms with van der Waals surface area (Å²) in [5.74, 6) is 2.12. The molecule has 0 aliphatic carbocycles. The molecule has 1 aromatic carbocycles. The van der Waals surface area contributed by atoms with E-state index in [1.165, 1.54) is 0 Å². The van der Waals surface area contributed by atoms with Gasteiger partial charge < -0.3 is 20.1 Å². The number of aromatic nitrogens is 3. The van der Waals surface area contributed by atoms with E-state index in [-0.39, 0.29) is 12.1 Å². The highest BCUT2D eigenvalue weighted by Gasteiger charge is 2.16. The lowest BCUT2D eigenvalue weighted by Crippen LogP contribution is -2.37. The zero-order valence-electron chi connectivity index (χ0n) is 14.3. The van der Waals surface area contributed by atoms with Gasteiger partial charge in [-0.05, 0) is 36.8 Å². The van der Waals surface area contributed by atoms with Crippen LogP contribution in [0.4, 0.5) is 4.79 Å². The first-order valence-corrected chi connectivity index (χ1v) is 8.43. The molecule has 1 aliphatic rings. The number of fused-ring (bicyclic) bond motifs is 2. The fraction of sp³-hybridized carbons (Fsp3) is 0.278. The molecular weight excluding hydrogens is 334 g/mol. The maximum absolute atomic E-state index is 12.2. The smallest absolute Gasteiger partial charge is 0.315 e. The van der Waals surface area contributed by atoms with E-state index in [9.17, 15) is 4.79 Å². The third-order valence-corrected chi connectivity index (χ3v) is 4.13. The highest BCUT2D eigenvalue weighted by Crippen LogP contribution is 2.30. The highest BCUT2D eigenvalue weighted by atomic mass is 16.6. The van der Waals surface area contributed by atoms with Crippen LogP contribution in [0.2, 0.25) is 0 Å². The Morgan fingerprint density at radius 3 is 2.92 bits per heavy atom. The van der Waals surface area contributed by atoms with Gasteiger partial charge in [-0.2, -0.15) is 0 Å².